The summed E-state index contributed by atoms with van der Waals surface area (Å²) < 4.78 is 5.94. The van der Waals surface area contributed by atoms with Crippen LogP contribution in [0.15, 0.2) is 30.3 Å². The molecule has 1 fully saturated rings. The molecule has 0 atom stereocenters. The van der Waals surface area contributed by atoms with E-state index in [0.717, 1.165) is 18.4 Å². The molecule has 1 nitrogen and oxygen atoms in total. The van der Waals surface area contributed by atoms with E-state index < -0.39 is 0 Å². The maximum atomic E-state index is 5.94. The minimum absolute atomic E-state index is 0.261. The summed E-state index contributed by atoms with van der Waals surface area (Å²) in [4.78, 5) is 0. The highest BCUT2D eigenvalue weighted by atomic mass is 35.5. The molecule has 18 heavy (non-hydrogen) atoms. The lowest BCUT2D eigenvalue weighted by atomic mass is 9.85. The molecule has 0 radical (unpaired) electrons. The fourth-order valence-electron chi connectivity index (χ4n) is 2.37. The fraction of sp³-hybridized carbons (Fsp3) is 0.500. The van der Waals surface area contributed by atoms with Crippen LogP contribution in [-0.4, -0.2) is 18.1 Å². The molecule has 1 aliphatic carbocycles. The Bertz CT molecular complexity index is 410. The molecule has 1 saturated carbocycles. The third-order valence-electron chi connectivity index (χ3n) is 3.33. The van der Waals surface area contributed by atoms with Gasteiger partial charge in [0.1, 0.15) is 5.60 Å². The molecule has 0 unspecified atom stereocenters. The maximum absolute atomic E-state index is 5.94. The molecule has 0 amide bonds. The van der Waals surface area contributed by atoms with Gasteiger partial charge in [0.15, 0.2) is 0 Å². The van der Waals surface area contributed by atoms with Crippen molar-refractivity contribution in [2.75, 3.05) is 12.5 Å². The Balaban J connectivity index is 2.12. The van der Waals surface area contributed by atoms with Gasteiger partial charge in [-0.1, -0.05) is 36.5 Å². The van der Waals surface area contributed by atoms with Crippen LogP contribution in [-0.2, 0) is 4.74 Å². The summed E-state index contributed by atoms with van der Waals surface area (Å²) in [6.07, 6.45) is 5.75. The third kappa shape index (κ3) is 3.77. The van der Waals surface area contributed by atoms with Gasteiger partial charge in [0.25, 0.3) is 0 Å². The summed E-state index contributed by atoms with van der Waals surface area (Å²) in [5, 5.41) is 0. The highest BCUT2D eigenvalue weighted by Gasteiger charge is 2.30. The average Bonchev–Trinajstić information content (AvgIpc) is 2.45. The van der Waals surface area contributed by atoms with Crippen molar-refractivity contribution in [1.82, 2.24) is 0 Å². The zero-order chi connectivity index (χ0) is 12.7. The Hall–Kier alpha value is -0.970. The fourth-order valence-corrected chi connectivity index (χ4v) is 2.45. The van der Waals surface area contributed by atoms with Crippen LogP contribution in [0.1, 0.15) is 37.7 Å². The quantitative estimate of drug-likeness (QED) is 0.591. The molecular weight excluding hydrogens is 244 g/mol. The van der Waals surface area contributed by atoms with E-state index >= 15 is 0 Å². The van der Waals surface area contributed by atoms with Crippen LogP contribution in [0.5, 0.6) is 0 Å². The second-order valence-electron chi connectivity index (χ2n) is 4.71. The minimum Gasteiger partial charge on any atom is -0.361 e. The molecule has 2 heteroatoms. The van der Waals surface area contributed by atoms with Gasteiger partial charge in [0.05, 0.1) is 6.61 Å². The van der Waals surface area contributed by atoms with Crippen molar-refractivity contribution >= 4 is 11.6 Å². The molecule has 0 spiro atoms. The van der Waals surface area contributed by atoms with Crippen molar-refractivity contribution in [2.24, 2.45) is 0 Å². The van der Waals surface area contributed by atoms with Gasteiger partial charge in [-0.15, -0.1) is 11.6 Å². The number of rotatable bonds is 3. The highest BCUT2D eigenvalue weighted by Crippen LogP contribution is 2.31. The van der Waals surface area contributed by atoms with Gasteiger partial charge < -0.3 is 4.74 Å². The molecule has 2 rings (SSSR count). The van der Waals surface area contributed by atoms with E-state index in [-0.39, 0.29) is 5.60 Å². The molecule has 1 aliphatic rings. The number of alkyl halides is 1. The summed E-state index contributed by atoms with van der Waals surface area (Å²) in [6, 6.07) is 10.1. The summed E-state index contributed by atoms with van der Waals surface area (Å²) >= 11 is 5.73. The van der Waals surface area contributed by atoms with Crippen molar-refractivity contribution in [3.8, 4) is 11.8 Å². The zero-order valence-electron chi connectivity index (χ0n) is 10.6. The van der Waals surface area contributed by atoms with Gasteiger partial charge in [-0.25, -0.2) is 0 Å². The van der Waals surface area contributed by atoms with Gasteiger partial charge in [-0.3, -0.25) is 0 Å². The summed E-state index contributed by atoms with van der Waals surface area (Å²) in [5.41, 5.74) is 0.792. The predicted molar refractivity (Wildman–Crippen MR) is 75.8 cm³/mol. The molecule has 1 aromatic rings. The van der Waals surface area contributed by atoms with Crippen LogP contribution in [0.2, 0.25) is 0 Å². The summed E-state index contributed by atoms with van der Waals surface area (Å²) in [6.45, 7) is 0.588. The highest BCUT2D eigenvalue weighted by molar-refractivity contribution is 6.17. The van der Waals surface area contributed by atoms with E-state index in [4.69, 9.17) is 16.3 Å². The number of halogens is 1. The Kier molecular flexibility index (Phi) is 5.11. The second kappa shape index (κ2) is 6.83. The normalized spacial score (nSPS) is 17.8. The van der Waals surface area contributed by atoms with Gasteiger partial charge in [-0.2, -0.15) is 0 Å². The van der Waals surface area contributed by atoms with Crippen LogP contribution in [0.3, 0.4) is 0 Å². The minimum atomic E-state index is -0.261. The van der Waals surface area contributed by atoms with Gasteiger partial charge in [0.2, 0.25) is 0 Å². The lowest BCUT2D eigenvalue weighted by Gasteiger charge is -2.32. The molecule has 96 valence electrons. The molecule has 0 heterocycles. The SMILES string of the molecule is ClCCOC1(C#Cc2ccccc2)CCCCC1. The summed E-state index contributed by atoms with van der Waals surface area (Å²) in [5.74, 6) is 7.14. The van der Waals surface area contributed by atoms with Crippen molar-refractivity contribution in [3.63, 3.8) is 0 Å². The Morgan fingerprint density at radius 2 is 1.83 bits per heavy atom. The van der Waals surface area contributed by atoms with Crippen LogP contribution >= 0.6 is 11.6 Å². The first-order valence-corrected chi connectivity index (χ1v) is 7.16. The van der Waals surface area contributed by atoms with Gasteiger partial charge in [0, 0.05) is 11.4 Å². The van der Waals surface area contributed by atoms with Crippen LogP contribution in [0.4, 0.5) is 0 Å². The molecule has 0 aliphatic heterocycles. The first-order chi connectivity index (χ1) is 8.85. The van der Waals surface area contributed by atoms with Crippen LogP contribution in [0.25, 0.3) is 0 Å². The Morgan fingerprint density at radius 1 is 1.11 bits per heavy atom. The predicted octanol–water partition coefficient (Wildman–Crippen LogP) is 4.00. The topological polar surface area (TPSA) is 9.23 Å². The van der Waals surface area contributed by atoms with Crippen LogP contribution in [0, 0.1) is 11.8 Å². The standard InChI is InChI=1S/C16H19ClO/c17-13-14-18-16(10-5-2-6-11-16)12-9-15-7-3-1-4-8-15/h1,3-4,7-8H,2,5-6,10-11,13-14H2. The van der Waals surface area contributed by atoms with Crippen LogP contribution < -0.4 is 0 Å². The van der Waals surface area contributed by atoms with E-state index in [1.807, 2.05) is 30.3 Å². The van der Waals surface area contributed by atoms with Gasteiger partial charge >= 0.3 is 0 Å². The number of hydrogen-bond donors (Lipinski definition) is 0. The first-order valence-electron chi connectivity index (χ1n) is 6.63. The van der Waals surface area contributed by atoms with Crippen molar-refractivity contribution in [1.29, 1.82) is 0 Å². The second-order valence-corrected chi connectivity index (χ2v) is 5.09. The molecule has 0 aromatic heterocycles. The molecule has 0 bridgehead atoms. The summed E-state index contributed by atoms with van der Waals surface area (Å²) in [7, 11) is 0. The lowest BCUT2D eigenvalue weighted by Crippen LogP contribution is -2.34. The van der Waals surface area contributed by atoms with E-state index in [0.29, 0.717) is 12.5 Å². The van der Waals surface area contributed by atoms with E-state index in [2.05, 4.69) is 11.8 Å². The zero-order valence-corrected chi connectivity index (χ0v) is 11.4. The smallest absolute Gasteiger partial charge is 0.129 e. The largest absolute Gasteiger partial charge is 0.361 e. The van der Waals surface area contributed by atoms with Crippen molar-refractivity contribution in [3.05, 3.63) is 35.9 Å². The first kappa shape index (κ1) is 13.5. The molecule has 0 saturated heterocycles. The van der Waals surface area contributed by atoms with Crippen molar-refractivity contribution in [2.45, 2.75) is 37.7 Å². The Labute approximate surface area is 114 Å². The average molecular weight is 263 g/mol. The van der Waals surface area contributed by atoms with Gasteiger partial charge in [-0.05, 0) is 37.8 Å². The lowest BCUT2D eigenvalue weighted by molar-refractivity contribution is -0.0180. The number of hydrogen-bond acceptors (Lipinski definition) is 1. The Morgan fingerprint density at radius 3 is 2.50 bits per heavy atom. The molecule has 1 aromatic carbocycles. The van der Waals surface area contributed by atoms with E-state index in [1.54, 1.807) is 0 Å². The van der Waals surface area contributed by atoms with E-state index in [9.17, 15) is 0 Å². The number of ether oxygens (including phenoxy) is 1. The number of benzene rings is 1. The van der Waals surface area contributed by atoms with E-state index in [1.165, 1.54) is 19.3 Å². The molecule has 0 N–H and O–H groups in total. The molecular formula is C16H19ClO. The maximum Gasteiger partial charge on any atom is 0.129 e. The third-order valence-corrected chi connectivity index (χ3v) is 3.48. The van der Waals surface area contributed by atoms with Crippen molar-refractivity contribution < 1.29 is 4.74 Å². The monoisotopic (exact) mass is 262 g/mol.